The maximum absolute atomic E-state index is 13.2. The number of halogens is 3. The molecule has 4 rings (SSSR count). The zero-order valence-corrected chi connectivity index (χ0v) is 16.4. The van der Waals surface area contributed by atoms with E-state index < -0.39 is 23.0 Å². The molecule has 0 spiro atoms. The lowest BCUT2D eigenvalue weighted by Crippen LogP contribution is -2.46. The van der Waals surface area contributed by atoms with E-state index in [0.29, 0.717) is 32.6 Å². The molecule has 0 bridgehead atoms. The third kappa shape index (κ3) is 3.82. The summed E-state index contributed by atoms with van der Waals surface area (Å²) in [5.41, 5.74) is -0.589. The maximum Gasteiger partial charge on any atom is 0.403 e. The molecule has 3 aliphatic rings. The van der Waals surface area contributed by atoms with Crippen LogP contribution in [0.2, 0.25) is 0 Å². The van der Waals surface area contributed by atoms with Gasteiger partial charge in [0.15, 0.2) is 0 Å². The summed E-state index contributed by atoms with van der Waals surface area (Å²) in [6, 6.07) is 5.66. The molecular formula is C22H22F3N3O2. The molecule has 158 valence electrons. The lowest BCUT2D eigenvalue weighted by Gasteiger charge is -2.21. The van der Waals surface area contributed by atoms with Crippen LogP contribution in [0.15, 0.2) is 36.0 Å². The number of benzene rings is 1. The van der Waals surface area contributed by atoms with Crippen LogP contribution in [0, 0.1) is 17.3 Å². The summed E-state index contributed by atoms with van der Waals surface area (Å²) in [5, 5.41) is 2.57. The van der Waals surface area contributed by atoms with E-state index >= 15 is 0 Å². The molecule has 2 saturated carbocycles. The summed E-state index contributed by atoms with van der Waals surface area (Å²) >= 11 is 0. The normalized spacial score (nSPS) is 21.1. The van der Waals surface area contributed by atoms with Crippen molar-refractivity contribution in [2.75, 3.05) is 18.1 Å². The van der Waals surface area contributed by atoms with Crippen LogP contribution in [0.3, 0.4) is 0 Å². The van der Waals surface area contributed by atoms with Gasteiger partial charge in [-0.1, -0.05) is 24.5 Å². The molecule has 1 aromatic carbocycles. The second-order valence-electron chi connectivity index (χ2n) is 7.86. The number of fused-ring (bicyclic) bond motifs is 1. The van der Waals surface area contributed by atoms with Crippen LogP contribution in [0.4, 0.5) is 18.9 Å². The van der Waals surface area contributed by atoms with E-state index in [1.165, 1.54) is 6.20 Å². The SMILES string of the molecule is C=CN=CN1CCOCc2c(C#CC3(NC(=O)C4(C(F)(F)F)CC4)CC3)cccc21. The Kier molecular flexibility index (Phi) is 5.10. The van der Waals surface area contributed by atoms with Crippen molar-refractivity contribution < 1.29 is 22.7 Å². The molecule has 1 aliphatic heterocycles. The molecule has 1 heterocycles. The van der Waals surface area contributed by atoms with Crippen molar-refractivity contribution in [2.45, 2.75) is 44.0 Å². The van der Waals surface area contributed by atoms with E-state index in [4.69, 9.17) is 4.74 Å². The van der Waals surface area contributed by atoms with E-state index in [1.807, 2.05) is 23.1 Å². The molecule has 0 saturated heterocycles. The fourth-order valence-corrected chi connectivity index (χ4v) is 3.51. The molecule has 1 N–H and O–H groups in total. The third-order valence-electron chi connectivity index (χ3n) is 5.76. The zero-order valence-electron chi connectivity index (χ0n) is 16.4. The average molecular weight is 417 g/mol. The fraction of sp³-hybridized carbons (Fsp3) is 0.455. The summed E-state index contributed by atoms with van der Waals surface area (Å²) < 4.78 is 45.3. The molecule has 0 aromatic heterocycles. The highest BCUT2D eigenvalue weighted by Crippen LogP contribution is 2.58. The van der Waals surface area contributed by atoms with Gasteiger partial charge in [0.2, 0.25) is 5.91 Å². The third-order valence-corrected chi connectivity index (χ3v) is 5.76. The first-order valence-corrected chi connectivity index (χ1v) is 9.83. The molecule has 2 aliphatic carbocycles. The van der Waals surface area contributed by atoms with Gasteiger partial charge in [-0.15, -0.1) is 0 Å². The number of carbonyl (C=O) groups is 1. The minimum atomic E-state index is -4.52. The number of aliphatic imine (C=N–C) groups is 1. The van der Waals surface area contributed by atoms with Crippen molar-refractivity contribution in [1.82, 2.24) is 5.32 Å². The first-order chi connectivity index (χ1) is 14.3. The first-order valence-electron chi connectivity index (χ1n) is 9.83. The molecular weight excluding hydrogens is 395 g/mol. The van der Waals surface area contributed by atoms with Gasteiger partial charge in [-0.25, -0.2) is 4.99 Å². The van der Waals surface area contributed by atoms with Crippen LogP contribution >= 0.6 is 0 Å². The number of ether oxygens (including phenoxy) is 1. The predicted octanol–water partition coefficient (Wildman–Crippen LogP) is 3.54. The van der Waals surface area contributed by atoms with E-state index in [1.54, 1.807) is 6.34 Å². The minimum Gasteiger partial charge on any atom is -0.375 e. The van der Waals surface area contributed by atoms with Gasteiger partial charge in [0.05, 0.1) is 19.6 Å². The largest absolute Gasteiger partial charge is 0.403 e. The highest BCUT2D eigenvalue weighted by molar-refractivity contribution is 5.88. The average Bonchev–Trinajstić information content (AvgIpc) is 3.59. The summed E-state index contributed by atoms with van der Waals surface area (Å²) in [4.78, 5) is 18.3. The smallest absolute Gasteiger partial charge is 0.375 e. The second-order valence-corrected chi connectivity index (χ2v) is 7.86. The molecule has 8 heteroatoms. The summed E-state index contributed by atoms with van der Waals surface area (Å²) in [5.74, 6) is 5.15. The summed E-state index contributed by atoms with van der Waals surface area (Å²) in [6.07, 6.45) is -0.624. The number of nitrogens with one attached hydrogen (secondary N) is 1. The van der Waals surface area contributed by atoms with Gasteiger partial charge in [0.25, 0.3) is 0 Å². The molecule has 0 unspecified atom stereocenters. The Bertz CT molecular complexity index is 951. The topological polar surface area (TPSA) is 53.9 Å². The van der Waals surface area contributed by atoms with E-state index in [9.17, 15) is 18.0 Å². The number of nitrogens with zero attached hydrogens (tertiary/aromatic N) is 2. The fourth-order valence-electron chi connectivity index (χ4n) is 3.51. The van der Waals surface area contributed by atoms with Gasteiger partial charge < -0.3 is 15.0 Å². The number of alkyl halides is 3. The van der Waals surface area contributed by atoms with Crippen LogP contribution in [0.1, 0.15) is 36.8 Å². The predicted molar refractivity (Wildman–Crippen MR) is 107 cm³/mol. The number of rotatable bonds is 4. The highest BCUT2D eigenvalue weighted by atomic mass is 19.4. The van der Waals surface area contributed by atoms with E-state index in [2.05, 4.69) is 28.7 Å². The highest BCUT2D eigenvalue weighted by Gasteiger charge is 2.69. The number of anilines is 1. The Morgan fingerprint density at radius 1 is 1.30 bits per heavy atom. The summed E-state index contributed by atoms with van der Waals surface area (Å²) in [6.45, 7) is 5.10. The van der Waals surface area contributed by atoms with Gasteiger partial charge >= 0.3 is 6.18 Å². The monoisotopic (exact) mass is 417 g/mol. The molecule has 0 radical (unpaired) electrons. The zero-order chi connectivity index (χ0) is 21.4. The van der Waals surface area contributed by atoms with Crippen molar-refractivity contribution in [3.8, 4) is 11.8 Å². The van der Waals surface area contributed by atoms with E-state index in [-0.39, 0.29) is 12.8 Å². The van der Waals surface area contributed by atoms with Crippen LogP contribution in [0.5, 0.6) is 0 Å². The lowest BCUT2D eigenvalue weighted by molar-refractivity contribution is -0.192. The van der Waals surface area contributed by atoms with E-state index in [0.717, 1.165) is 16.8 Å². The van der Waals surface area contributed by atoms with Crippen molar-refractivity contribution >= 4 is 17.9 Å². The first kappa shape index (κ1) is 20.5. The molecule has 1 aromatic rings. The maximum atomic E-state index is 13.2. The molecule has 5 nitrogen and oxygen atoms in total. The van der Waals surface area contributed by atoms with Gasteiger partial charge in [-0.2, -0.15) is 13.2 Å². The van der Waals surface area contributed by atoms with Gasteiger partial charge in [0.1, 0.15) is 11.0 Å². The Morgan fingerprint density at radius 3 is 2.70 bits per heavy atom. The molecule has 1 amide bonds. The molecule has 0 atom stereocenters. The van der Waals surface area contributed by atoms with Crippen molar-refractivity contribution in [2.24, 2.45) is 10.4 Å². The van der Waals surface area contributed by atoms with Crippen LogP contribution in [-0.4, -0.2) is 37.1 Å². The number of hydrogen-bond donors (Lipinski definition) is 1. The lowest BCUT2D eigenvalue weighted by atomic mass is 10.0. The number of carbonyl (C=O) groups excluding carboxylic acids is 1. The standard InChI is InChI=1S/C22H22F3N3O2/c1-2-26-15-28-12-13-30-14-17-16(4-3-5-18(17)28)6-7-20(8-9-20)27-19(29)21(10-11-21)22(23,24)25/h2-5,15H,1,8-14H2,(H,27,29). The minimum absolute atomic E-state index is 0.155. The number of hydrogen-bond acceptors (Lipinski definition) is 3. The van der Waals surface area contributed by atoms with Gasteiger partial charge in [-0.3, -0.25) is 4.79 Å². The second kappa shape index (κ2) is 7.47. The Hall–Kier alpha value is -2.79. The van der Waals surface area contributed by atoms with Crippen LogP contribution < -0.4 is 10.2 Å². The van der Waals surface area contributed by atoms with Crippen molar-refractivity contribution in [3.63, 3.8) is 0 Å². The summed E-state index contributed by atoms with van der Waals surface area (Å²) in [7, 11) is 0. The quantitative estimate of drug-likeness (QED) is 0.463. The van der Waals surface area contributed by atoms with Crippen LogP contribution in [-0.2, 0) is 16.1 Å². The van der Waals surface area contributed by atoms with Gasteiger partial charge in [-0.05, 0) is 37.8 Å². The molecule has 2 fully saturated rings. The molecule has 30 heavy (non-hydrogen) atoms. The number of amides is 1. The Balaban J connectivity index is 1.57. The Labute approximate surface area is 173 Å². The Morgan fingerprint density at radius 2 is 2.07 bits per heavy atom. The van der Waals surface area contributed by atoms with Crippen molar-refractivity contribution in [1.29, 1.82) is 0 Å². The van der Waals surface area contributed by atoms with Gasteiger partial charge in [0, 0.05) is 29.6 Å². The van der Waals surface area contributed by atoms with Crippen molar-refractivity contribution in [3.05, 3.63) is 42.1 Å². The van der Waals surface area contributed by atoms with Crippen LogP contribution in [0.25, 0.3) is 0 Å².